The van der Waals surface area contributed by atoms with Gasteiger partial charge < -0.3 is 5.32 Å². The molecule has 5 heteroatoms. The van der Waals surface area contributed by atoms with Crippen LogP contribution in [-0.4, -0.2) is 35.4 Å². The number of rotatable bonds is 7. The molecule has 140 valence electrons. The van der Waals surface area contributed by atoms with Crippen molar-refractivity contribution in [1.82, 2.24) is 15.2 Å². The van der Waals surface area contributed by atoms with E-state index in [1.807, 2.05) is 24.3 Å². The Kier molecular flexibility index (Phi) is 5.30. The van der Waals surface area contributed by atoms with Gasteiger partial charge in [0.15, 0.2) is 0 Å². The Bertz CT molecular complexity index is 794. The van der Waals surface area contributed by atoms with Crippen molar-refractivity contribution in [3.63, 3.8) is 0 Å². The van der Waals surface area contributed by atoms with Crippen LogP contribution in [-0.2, 0) is 11.3 Å². The Labute approximate surface area is 159 Å². The van der Waals surface area contributed by atoms with Crippen LogP contribution in [0.3, 0.4) is 0 Å². The fraction of sp³-hybridized carbons (Fsp3) is 0.364. The minimum Gasteiger partial charge on any atom is -0.353 e. The zero-order chi connectivity index (χ0) is 18.6. The first-order valence-corrected chi connectivity index (χ1v) is 9.52. The summed E-state index contributed by atoms with van der Waals surface area (Å²) in [7, 11) is 0. The quantitative estimate of drug-likeness (QED) is 0.767. The van der Waals surface area contributed by atoms with Gasteiger partial charge in [-0.3, -0.25) is 14.7 Å². The van der Waals surface area contributed by atoms with Gasteiger partial charge >= 0.3 is 0 Å². The summed E-state index contributed by atoms with van der Waals surface area (Å²) in [4.78, 5) is 18.4. The molecule has 0 spiro atoms. The predicted molar refractivity (Wildman–Crippen MR) is 103 cm³/mol. The SMILES string of the molecule is O=C(/C=C/c1cccnc1)NCCC1[C@H]2CN(Cc3ccc(F)cc3)C[C@@H]12. The molecule has 1 saturated carbocycles. The highest BCUT2D eigenvalue weighted by Gasteiger charge is 2.54. The second-order valence-corrected chi connectivity index (χ2v) is 7.51. The lowest BCUT2D eigenvalue weighted by molar-refractivity contribution is -0.116. The Morgan fingerprint density at radius 2 is 2.00 bits per heavy atom. The van der Waals surface area contributed by atoms with Crippen LogP contribution in [0.4, 0.5) is 4.39 Å². The smallest absolute Gasteiger partial charge is 0.244 e. The molecule has 3 atom stereocenters. The molecule has 0 bridgehead atoms. The van der Waals surface area contributed by atoms with Crippen molar-refractivity contribution in [2.24, 2.45) is 17.8 Å². The van der Waals surface area contributed by atoms with Crippen LogP contribution >= 0.6 is 0 Å². The van der Waals surface area contributed by atoms with Crippen molar-refractivity contribution in [1.29, 1.82) is 0 Å². The summed E-state index contributed by atoms with van der Waals surface area (Å²) in [6.45, 7) is 3.85. The molecule has 2 aliphatic rings. The van der Waals surface area contributed by atoms with Crippen molar-refractivity contribution in [2.45, 2.75) is 13.0 Å². The Balaban J connectivity index is 1.14. The van der Waals surface area contributed by atoms with Crippen LogP contribution < -0.4 is 5.32 Å². The number of halogens is 1. The number of fused-ring (bicyclic) bond motifs is 1. The van der Waals surface area contributed by atoms with Crippen molar-refractivity contribution in [2.75, 3.05) is 19.6 Å². The fourth-order valence-corrected chi connectivity index (χ4v) is 4.21. The van der Waals surface area contributed by atoms with Crippen LogP contribution in [0.5, 0.6) is 0 Å². The number of likely N-dealkylation sites (tertiary alicyclic amines) is 1. The number of carbonyl (C=O) groups is 1. The van der Waals surface area contributed by atoms with E-state index in [9.17, 15) is 9.18 Å². The van der Waals surface area contributed by atoms with Gasteiger partial charge in [-0.25, -0.2) is 4.39 Å². The molecular weight excluding hydrogens is 341 g/mol. The Morgan fingerprint density at radius 3 is 2.70 bits per heavy atom. The number of nitrogens with one attached hydrogen (secondary N) is 1. The van der Waals surface area contributed by atoms with E-state index in [2.05, 4.69) is 15.2 Å². The maximum Gasteiger partial charge on any atom is 0.244 e. The van der Waals surface area contributed by atoms with Crippen LogP contribution in [0.1, 0.15) is 17.5 Å². The van der Waals surface area contributed by atoms with Crippen molar-refractivity contribution in [3.8, 4) is 0 Å². The van der Waals surface area contributed by atoms with Gasteiger partial charge in [0, 0.05) is 44.6 Å². The maximum absolute atomic E-state index is 13.0. The summed E-state index contributed by atoms with van der Waals surface area (Å²) in [6.07, 6.45) is 7.83. The third-order valence-corrected chi connectivity index (χ3v) is 5.65. The first-order valence-electron chi connectivity index (χ1n) is 9.52. The standard InChI is InChI=1S/C22H24FN3O/c23-18-6-3-17(4-7-18)13-26-14-20-19(21(20)15-26)9-11-25-22(27)8-5-16-2-1-10-24-12-16/h1-8,10,12,19-21H,9,11,13-15H2,(H,25,27)/b8-5+/t19?,20-,21+. The van der Waals surface area contributed by atoms with Gasteiger partial charge in [0.2, 0.25) is 5.91 Å². The van der Waals surface area contributed by atoms with Gasteiger partial charge in [0.1, 0.15) is 5.82 Å². The van der Waals surface area contributed by atoms with Crippen LogP contribution in [0.15, 0.2) is 54.9 Å². The van der Waals surface area contributed by atoms with E-state index >= 15 is 0 Å². The average molecular weight is 365 g/mol. The first kappa shape index (κ1) is 17.9. The molecule has 4 nitrogen and oxygen atoms in total. The second kappa shape index (κ2) is 8.01. The zero-order valence-electron chi connectivity index (χ0n) is 15.2. The highest BCUT2D eigenvalue weighted by Crippen LogP contribution is 2.53. The second-order valence-electron chi connectivity index (χ2n) is 7.51. The number of hydrogen-bond acceptors (Lipinski definition) is 3. The molecule has 1 aliphatic heterocycles. The molecule has 2 heterocycles. The normalized spacial score (nSPS) is 24.1. The van der Waals surface area contributed by atoms with Gasteiger partial charge in [0.05, 0.1) is 0 Å². The summed E-state index contributed by atoms with van der Waals surface area (Å²) in [5.74, 6) is 2.02. The van der Waals surface area contributed by atoms with Crippen LogP contribution in [0, 0.1) is 23.6 Å². The number of hydrogen-bond donors (Lipinski definition) is 1. The van der Waals surface area contributed by atoms with Crippen LogP contribution in [0.25, 0.3) is 6.08 Å². The largest absolute Gasteiger partial charge is 0.353 e. The lowest BCUT2D eigenvalue weighted by atomic mass is 10.1. The number of amides is 1. The molecule has 2 aromatic rings. The first-order chi connectivity index (χ1) is 13.2. The third-order valence-electron chi connectivity index (χ3n) is 5.65. The average Bonchev–Trinajstić information content (AvgIpc) is 3.13. The molecule has 1 amide bonds. The van der Waals surface area contributed by atoms with Crippen molar-refractivity contribution < 1.29 is 9.18 Å². The molecule has 1 saturated heterocycles. The minimum atomic E-state index is -0.180. The van der Waals surface area contributed by atoms with E-state index in [1.165, 1.54) is 17.7 Å². The summed E-state index contributed by atoms with van der Waals surface area (Å²) in [5.41, 5.74) is 2.09. The molecule has 4 rings (SSSR count). The van der Waals surface area contributed by atoms with E-state index in [-0.39, 0.29) is 11.7 Å². The number of piperidine rings is 1. The number of nitrogens with zero attached hydrogens (tertiary/aromatic N) is 2. The van der Waals surface area contributed by atoms with Gasteiger partial charge in [-0.05, 0) is 59.6 Å². The molecule has 2 fully saturated rings. The molecule has 1 N–H and O–H groups in total. The third kappa shape index (κ3) is 4.61. The van der Waals surface area contributed by atoms with E-state index in [1.54, 1.807) is 24.5 Å². The molecule has 1 aromatic carbocycles. The van der Waals surface area contributed by atoms with Crippen molar-refractivity contribution in [3.05, 3.63) is 71.8 Å². The van der Waals surface area contributed by atoms with Crippen LogP contribution in [0.2, 0.25) is 0 Å². The monoisotopic (exact) mass is 365 g/mol. The summed E-state index contributed by atoms with van der Waals surface area (Å²) < 4.78 is 13.0. The van der Waals surface area contributed by atoms with Gasteiger partial charge in [-0.15, -0.1) is 0 Å². The molecule has 27 heavy (non-hydrogen) atoms. The van der Waals surface area contributed by atoms with Gasteiger partial charge in [-0.1, -0.05) is 18.2 Å². The van der Waals surface area contributed by atoms with Gasteiger partial charge in [0.25, 0.3) is 0 Å². The van der Waals surface area contributed by atoms with Crippen molar-refractivity contribution >= 4 is 12.0 Å². The number of aromatic nitrogens is 1. The predicted octanol–water partition coefficient (Wildman–Crippen LogP) is 3.12. The maximum atomic E-state index is 13.0. The molecular formula is C22H24FN3O. The lowest BCUT2D eigenvalue weighted by Crippen LogP contribution is -2.26. The van der Waals surface area contributed by atoms with E-state index < -0.39 is 0 Å². The highest BCUT2D eigenvalue weighted by molar-refractivity contribution is 5.91. The molecule has 1 aliphatic carbocycles. The fourth-order valence-electron chi connectivity index (χ4n) is 4.21. The van der Waals surface area contributed by atoms with E-state index in [0.717, 1.165) is 55.9 Å². The Morgan fingerprint density at radius 1 is 1.22 bits per heavy atom. The topological polar surface area (TPSA) is 45.2 Å². The molecule has 1 aromatic heterocycles. The lowest BCUT2D eigenvalue weighted by Gasteiger charge is -2.19. The molecule has 1 unspecified atom stereocenters. The zero-order valence-corrected chi connectivity index (χ0v) is 15.2. The summed E-state index contributed by atoms with van der Waals surface area (Å²) in [6, 6.07) is 10.6. The summed E-state index contributed by atoms with van der Waals surface area (Å²) >= 11 is 0. The van der Waals surface area contributed by atoms with E-state index in [4.69, 9.17) is 0 Å². The Hall–Kier alpha value is -2.53. The van der Waals surface area contributed by atoms with E-state index in [0.29, 0.717) is 0 Å². The number of carbonyl (C=O) groups excluding carboxylic acids is 1. The number of benzene rings is 1. The number of pyridine rings is 1. The molecule has 0 radical (unpaired) electrons. The minimum absolute atomic E-state index is 0.0531. The summed E-state index contributed by atoms with van der Waals surface area (Å²) in [5, 5.41) is 2.97. The van der Waals surface area contributed by atoms with Gasteiger partial charge in [-0.2, -0.15) is 0 Å². The highest BCUT2D eigenvalue weighted by atomic mass is 19.1.